The summed E-state index contributed by atoms with van der Waals surface area (Å²) in [4.78, 5) is 40.6. The van der Waals surface area contributed by atoms with Gasteiger partial charge in [-0.05, 0) is 36.3 Å². The van der Waals surface area contributed by atoms with E-state index in [4.69, 9.17) is 0 Å². The molecule has 1 atom stereocenters. The van der Waals surface area contributed by atoms with Gasteiger partial charge in [-0.2, -0.15) is 0 Å². The van der Waals surface area contributed by atoms with E-state index in [0.717, 1.165) is 10.5 Å². The number of rotatable bonds is 3. The van der Waals surface area contributed by atoms with Crippen LogP contribution in [0.4, 0.5) is 4.79 Å². The van der Waals surface area contributed by atoms with Gasteiger partial charge in [0.1, 0.15) is 12.1 Å². The van der Waals surface area contributed by atoms with Gasteiger partial charge in [0.25, 0.3) is 5.91 Å². The number of nitrogens with zero attached hydrogens (tertiary/aromatic N) is 2. The minimum atomic E-state index is -1.19. The van der Waals surface area contributed by atoms with Gasteiger partial charge in [-0.1, -0.05) is 45.0 Å². The average Bonchev–Trinajstić information content (AvgIpc) is 2.86. The Bertz CT molecular complexity index is 776. The molecule has 2 aliphatic rings. The minimum absolute atomic E-state index is 0.0111. The number of imide groups is 1. The highest BCUT2D eigenvalue weighted by Gasteiger charge is 2.49. The molecule has 1 aromatic rings. The first kappa shape index (κ1) is 20.3. The standard InChI is InChI=1S/C21H29N3O4/c1-20(2,3)14-5-7-15(8-6-14)21(4)18(27)24(19(28)22-21)13-17(26)23-11-9-16(25)10-12-23/h5-8,16,25H,9-13H2,1-4H3,(H,22,28). The maximum atomic E-state index is 13.0. The fourth-order valence-corrected chi connectivity index (χ4v) is 3.69. The largest absolute Gasteiger partial charge is 0.393 e. The molecular formula is C21H29N3O4. The van der Waals surface area contributed by atoms with Crippen molar-refractivity contribution >= 4 is 17.8 Å². The fraction of sp³-hybridized carbons (Fsp3) is 0.571. The third-order valence-corrected chi connectivity index (χ3v) is 5.71. The van der Waals surface area contributed by atoms with Crippen molar-refractivity contribution in [1.82, 2.24) is 15.1 Å². The van der Waals surface area contributed by atoms with Crippen LogP contribution in [-0.4, -0.2) is 58.5 Å². The second kappa shape index (κ2) is 7.20. The Morgan fingerprint density at radius 3 is 2.29 bits per heavy atom. The molecule has 0 bridgehead atoms. The summed E-state index contributed by atoms with van der Waals surface area (Å²) in [5.41, 5.74) is 0.625. The third kappa shape index (κ3) is 3.76. The van der Waals surface area contributed by atoms with Crippen molar-refractivity contribution in [1.29, 1.82) is 0 Å². The molecule has 0 saturated carbocycles. The van der Waals surface area contributed by atoms with E-state index in [9.17, 15) is 19.5 Å². The predicted molar refractivity (Wildman–Crippen MR) is 105 cm³/mol. The summed E-state index contributed by atoms with van der Waals surface area (Å²) in [6.07, 6.45) is 0.646. The van der Waals surface area contributed by atoms with E-state index in [1.807, 2.05) is 24.3 Å². The molecule has 1 aromatic carbocycles. The van der Waals surface area contributed by atoms with Crippen molar-refractivity contribution in [3.8, 4) is 0 Å². The number of carbonyl (C=O) groups is 3. The molecule has 2 saturated heterocycles. The van der Waals surface area contributed by atoms with Gasteiger partial charge in [0, 0.05) is 13.1 Å². The number of carbonyl (C=O) groups excluding carboxylic acids is 3. The van der Waals surface area contributed by atoms with Gasteiger partial charge in [-0.25, -0.2) is 4.79 Å². The van der Waals surface area contributed by atoms with Crippen LogP contribution in [-0.2, 0) is 20.5 Å². The molecule has 7 heteroatoms. The highest BCUT2D eigenvalue weighted by Crippen LogP contribution is 2.31. The topological polar surface area (TPSA) is 90.0 Å². The van der Waals surface area contributed by atoms with Crippen LogP contribution < -0.4 is 5.32 Å². The summed E-state index contributed by atoms with van der Waals surface area (Å²) < 4.78 is 0. The molecule has 2 fully saturated rings. The Morgan fingerprint density at radius 1 is 1.18 bits per heavy atom. The lowest BCUT2D eigenvalue weighted by molar-refractivity contribution is -0.140. The van der Waals surface area contributed by atoms with Crippen LogP contribution in [0.3, 0.4) is 0 Å². The fourth-order valence-electron chi connectivity index (χ4n) is 3.69. The molecule has 0 spiro atoms. The molecule has 7 nitrogen and oxygen atoms in total. The predicted octanol–water partition coefficient (Wildman–Crippen LogP) is 1.73. The smallest absolute Gasteiger partial charge is 0.325 e. The number of aliphatic hydroxyl groups excluding tert-OH is 1. The van der Waals surface area contributed by atoms with Crippen molar-refractivity contribution < 1.29 is 19.5 Å². The van der Waals surface area contributed by atoms with Gasteiger partial charge < -0.3 is 15.3 Å². The zero-order valence-corrected chi connectivity index (χ0v) is 17.0. The number of hydrogen-bond acceptors (Lipinski definition) is 4. The van der Waals surface area contributed by atoms with Crippen molar-refractivity contribution in [2.75, 3.05) is 19.6 Å². The number of benzene rings is 1. The van der Waals surface area contributed by atoms with Crippen LogP contribution in [0.1, 0.15) is 51.7 Å². The summed E-state index contributed by atoms with van der Waals surface area (Å²) >= 11 is 0. The Hall–Kier alpha value is -2.41. The first-order valence-electron chi connectivity index (χ1n) is 9.73. The number of likely N-dealkylation sites (tertiary alicyclic amines) is 1. The maximum Gasteiger partial charge on any atom is 0.325 e. The van der Waals surface area contributed by atoms with E-state index in [0.29, 0.717) is 31.5 Å². The van der Waals surface area contributed by atoms with Gasteiger partial charge in [0.2, 0.25) is 5.91 Å². The van der Waals surface area contributed by atoms with Crippen molar-refractivity contribution in [3.05, 3.63) is 35.4 Å². The molecule has 2 N–H and O–H groups in total. The molecule has 3 rings (SSSR count). The zero-order valence-electron chi connectivity index (χ0n) is 17.0. The Morgan fingerprint density at radius 2 is 1.75 bits per heavy atom. The lowest BCUT2D eigenvalue weighted by atomic mass is 9.84. The Kier molecular flexibility index (Phi) is 5.23. The minimum Gasteiger partial charge on any atom is -0.393 e. The van der Waals surface area contributed by atoms with Gasteiger partial charge in [-0.15, -0.1) is 0 Å². The Labute approximate surface area is 165 Å². The normalized spacial score (nSPS) is 23.9. The summed E-state index contributed by atoms with van der Waals surface area (Å²) in [6.45, 7) is 8.60. The number of hydrogen-bond donors (Lipinski definition) is 2. The van der Waals surface area contributed by atoms with E-state index in [1.165, 1.54) is 0 Å². The van der Waals surface area contributed by atoms with E-state index in [1.54, 1.807) is 11.8 Å². The summed E-state index contributed by atoms with van der Waals surface area (Å²) in [6, 6.07) is 7.09. The molecular weight excluding hydrogens is 358 g/mol. The second-order valence-electron chi connectivity index (χ2n) is 8.89. The lowest BCUT2D eigenvalue weighted by Crippen LogP contribution is -2.47. The highest BCUT2D eigenvalue weighted by molar-refractivity contribution is 6.09. The van der Waals surface area contributed by atoms with Gasteiger partial charge in [0.15, 0.2) is 0 Å². The molecule has 0 radical (unpaired) electrons. The summed E-state index contributed by atoms with van der Waals surface area (Å²) in [5, 5.41) is 12.3. The zero-order chi connectivity index (χ0) is 20.7. The first-order valence-corrected chi connectivity index (χ1v) is 9.73. The first-order chi connectivity index (χ1) is 13.0. The summed E-state index contributed by atoms with van der Waals surface area (Å²) in [5.74, 6) is -0.700. The summed E-state index contributed by atoms with van der Waals surface area (Å²) in [7, 11) is 0. The van der Waals surface area contributed by atoms with Crippen molar-refractivity contribution in [3.63, 3.8) is 0 Å². The molecule has 0 aliphatic carbocycles. The van der Waals surface area contributed by atoms with Crippen LogP contribution in [0.25, 0.3) is 0 Å². The number of urea groups is 1. The van der Waals surface area contributed by atoms with Crippen LogP contribution in [0.5, 0.6) is 0 Å². The number of nitrogens with one attached hydrogen (secondary N) is 1. The second-order valence-corrected chi connectivity index (χ2v) is 8.89. The van der Waals surface area contributed by atoms with Crippen molar-refractivity contribution in [2.24, 2.45) is 0 Å². The van der Waals surface area contributed by atoms with Gasteiger partial charge >= 0.3 is 6.03 Å². The molecule has 2 aliphatic heterocycles. The number of amides is 4. The molecule has 152 valence electrons. The van der Waals surface area contributed by atoms with Gasteiger partial charge in [-0.3, -0.25) is 14.5 Å². The highest BCUT2D eigenvalue weighted by atomic mass is 16.3. The van der Waals surface area contributed by atoms with Gasteiger partial charge in [0.05, 0.1) is 6.10 Å². The third-order valence-electron chi connectivity index (χ3n) is 5.71. The molecule has 2 heterocycles. The number of aliphatic hydroxyl groups is 1. The monoisotopic (exact) mass is 387 g/mol. The molecule has 4 amide bonds. The van der Waals surface area contributed by atoms with E-state index < -0.39 is 17.5 Å². The van der Waals surface area contributed by atoms with Crippen molar-refractivity contribution in [2.45, 2.75) is 57.6 Å². The average molecular weight is 387 g/mol. The quantitative estimate of drug-likeness (QED) is 0.773. The van der Waals surface area contributed by atoms with Crippen LogP contribution >= 0.6 is 0 Å². The van der Waals surface area contributed by atoms with E-state index in [2.05, 4.69) is 26.1 Å². The molecule has 28 heavy (non-hydrogen) atoms. The van der Waals surface area contributed by atoms with Crippen LogP contribution in [0.15, 0.2) is 24.3 Å². The SMILES string of the molecule is CC(C)(C)c1ccc(C2(C)NC(=O)N(CC(=O)N3CCC(O)CC3)C2=O)cc1. The van der Waals surface area contributed by atoms with E-state index in [-0.39, 0.29) is 24.0 Å². The Balaban J connectivity index is 1.74. The number of piperidine rings is 1. The lowest BCUT2D eigenvalue weighted by Gasteiger charge is -2.30. The maximum absolute atomic E-state index is 13.0. The van der Waals surface area contributed by atoms with Crippen LogP contribution in [0.2, 0.25) is 0 Å². The molecule has 0 aromatic heterocycles. The van der Waals surface area contributed by atoms with E-state index >= 15 is 0 Å². The van der Waals surface area contributed by atoms with Crippen LogP contribution in [0, 0.1) is 0 Å². The molecule has 1 unspecified atom stereocenters.